The van der Waals surface area contributed by atoms with Crippen molar-refractivity contribution in [1.29, 1.82) is 0 Å². The van der Waals surface area contributed by atoms with Crippen LogP contribution in [0.1, 0.15) is 150 Å². The summed E-state index contributed by atoms with van der Waals surface area (Å²) in [4.78, 5) is 93.7. The number of ketones is 2. The second kappa shape index (κ2) is 20.4. The molecule has 1 heterocycles. The van der Waals surface area contributed by atoms with Gasteiger partial charge in [-0.15, -0.1) is 0 Å². The highest BCUT2D eigenvalue weighted by atomic mass is 16.6. The molecule has 0 bridgehead atoms. The van der Waals surface area contributed by atoms with E-state index >= 15 is 4.79 Å². The van der Waals surface area contributed by atoms with Gasteiger partial charge in [-0.3, -0.25) is 33.6 Å². The van der Waals surface area contributed by atoms with E-state index in [-0.39, 0.29) is 81.6 Å². The maximum absolute atomic E-state index is 15.4. The molecule has 0 saturated heterocycles. The number of fused-ring (bicyclic) bond motifs is 1. The monoisotopic (exact) mass is 830 g/mol. The Morgan fingerprint density at radius 1 is 0.717 bits per heavy atom. The van der Waals surface area contributed by atoms with Crippen LogP contribution in [0.25, 0.3) is 6.08 Å². The molecule has 0 amide bonds. The average Bonchev–Trinajstić information content (AvgIpc) is 3.11. The first-order valence-corrected chi connectivity index (χ1v) is 20.1. The molecule has 0 aromatic heterocycles. The Bertz CT molecular complexity index is 2150. The fourth-order valence-corrected chi connectivity index (χ4v) is 6.92. The number of Topliss-reactive ketones (excluding diaryl/α,β-unsaturated/α-hetero) is 2. The summed E-state index contributed by atoms with van der Waals surface area (Å²) in [7, 11) is 0. The molecule has 324 valence electrons. The van der Waals surface area contributed by atoms with Crippen molar-refractivity contribution in [3.8, 4) is 17.2 Å². The van der Waals surface area contributed by atoms with E-state index in [0.717, 1.165) is 52.2 Å². The number of ether oxygens (including phenoxy) is 6. The summed E-state index contributed by atoms with van der Waals surface area (Å²) >= 11 is 0. The Hall–Kier alpha value is -5.85. The molecule has 1 aliphatic heterocycles. The quantitative estimate of drug-likeness (QED) is 0.0363. The lowest BCUT2D eigenvalue weighted by Crippen LogP contribution is -2.37. The summed E-state index contributed by atoms with van der Waals surface area (Å²) in [6, 6.07) is 0. The second-order valence-corrected chi connectivity index (χ2v) is 15.8. The van der Waals surface area contributed by atoms with E-state index in [0.29, 0.717) is 12.8 Å². The number of hydrogen-bond donors (Lipinski definition) is 0. The molecule has 0 spiro atoms. The van der Waals surface area contributed by atoms with Crippen molar-refractivity contribution in [2.45, 2.75) is 141 Å². The molecule has 1 aromatic carbocycles. The molecule has 2 aliphatic rings. The minimum absolute atomic E-state index is 0.0144. The predicted octanol–water partition coefficient (Wildman–Crippen LogP) is 9.41. The van der Waals surface area contributed by atoms with Crippen LogP contribution in [-0.2, 0) is 49.4 Å². The number of allylic oxidation sites excluding steroid dienone is 7. The third-order valence-electron chi connectivity index (χ3n) is 9.44. The molecule has 0 unspecified atom stereocenters. The summed E-state index contributed by atoms with van der Waals surface area (Å²) in [6.45, 7) is 20.3. The highest BCUT2D eigenvalue weighted by Gasteiger charge is 2.50. The summed E-state index contributed by atoms with van der Waals surface area (Å²) in [5.74, 6) is -6.52. The van der Waals surface area contributed by atoms with E-state index in [1.165, 1.54) is 6.08 Å². The maximum atomic E-state index is 15.4. The lowest BCUT2D eigenvalue weighted by Gasteiger charge is -2.39. The van der Waals surface area contributed by atoms with Gasteiger partial charge in [0.15, 0.2) is 23.1 Å². The van der Waals surface area contributed by atoms with Crippen LogP contribution in [0.15, 0.2) is 63.9 Å². The number of carbonyl (C=O) groups excluding carboxylic acids is 7. The molecule has 1 atom stereocenters. The molecule has 3 rings (SSSR count). The van der Waals surface area contributed by atoms with Gasteiger partial charge in [-0.2, -0.15) is 0 Å². The summed E-state index contributed by atoms with van der Waals surface area (Å²) in [5, 5.41) is 0. The van der Waals surface area contributed by atoms with Gasteiger partial charge >= 0.3 is 29.8 Å². The summed E-state index contributed by atoms with van der Waals surface area (Å²) in [6.07, 6.45) is 10.3. The van der Waals surface area contributed by atoms with Crippen molar-refractivity contribution in [3.63, 3.8) is 0 Å². The zero-order valence-corrected chi connectivity index (χ0v) is 37.1. The first kappa shape index (κ1) is 48.5. The van der Waals surface area contributed by atoms with Crippen LogP contribution < -0.4 is 14.2 Å². The third kappa shape index (κ3) is 11.9. The van der Waals surface area contributed by atoms with Crippen LogP contribution in [0.2, 0.25) is 0 Å². The van der Waals surface area contributed by atoms with Crippen molar-refractivity contribution in [1.82, 2.24) is 0 Å². The lowest BCUT2D eigenvalue weighted by atomic mass is 9.71. The minimum Gasteiger partial charge on any atom is -0.483 e. The zero-order chi connectivity index (χ0) is 45.3. The molecule has 0 radical (unpaired) electrons. The van der Waals surface area contributed by atoms with Gasteiger partial charge < -0.3 is 28.4 Å². The van der Waals surface area contributed by atoms with E-state index in [4.69, 9.17) is 28.4 Å². The maximum Gasteiger partial charge on any atom is 0.308 e. The van der Waals surface area contributed by atoms with Gasteiger partial charge in [-0.25, -0.2) is 0 Å². The fourth-order valence-electron chi connectivity index (χ4n) is 6.92. The fraction of sp³-hybridized carbons (Fsp3) is 0.468. The van der Waals surface area contributed by atoms with E-state index in [1.54, 1.807) is 46.8 Å². The van der Waals surface area contributed by atoms with Crippen LogP contribution in [0.5, 0.6) is 17.2 Å². The number of benzene rings is 1. The number of rotatable bonds is 17. The number of hydrogen-bond acceptors (Lipinski definition) is 13. The highest BCUT2D eigenvalue weighted by Crippen LogP contribution is 2.53. The van der Waals surface area contributed by atoms with Crippen LogP contribution in [-0.4, -0.2) is 47.0 Å². The molecule has 13 heteroatoms. The van der Waals surface area contributed by atoms with Crippen molar-refractivity contribution >= 4 is 47.5 Å². The normalized spacial score (nSPS) is 17.3. The van der Waals surface area contributed by atoms with Crippen molar-refractivity contribution in [2.75, 3.05) is 0 Å². The van der Waals surface area contributed by atoms with Crippen molar-refractivity contribution in [2.24, 2.45) is 5.41 Å². The van der Waals surface area contributed by atoms with Crippen LogP contribution in [0.3, 0.4) is 0 Å². The SMILES string of the molecule is CC/C=C(\OC(C)=O)C1=C(OC(C)=O)[C@](C)(C/C=C(\C)CCC=C(C)C)C(OC(C)=O)=C(Cc2c3c(c(OC(C)=O)c(C(=O)CCC)c2OC(C)=O)C=CC(C)(C)O3)C1=O. The van der Waals surface area contributed by atoms with Gasteiger partial charge in [0, 0.05) is 58.6 Å². The van der Waals surface area contributed by atoms with Crippen LogP contribution in [0.4, 0.5) is 0 Å². The average molecular weight is 831 g/mol. The van der Waals surface area contributed by atoms with E-state index in [2.05, 4.69) is 6.08 Å². The molecule has 0 saturated carbocycles. The largest absolute Gasteiger partial charge is 0.483 e. The van der Waals surface area contributed by atoms with E-state index in [1.807, 2.05) is 26.8 Å². The van der Waals surface area contributed by atoms with Crippen molar-refractivity contribution in [3.05, 3.63) is 80.6 Å². The molecule has 1 aromatic rings. The van der Waals surface area contributed by atoms with Gasteiger partial charge in [0.2, 0.25) is 0 Å². The van der Waals surface area contributed by atoms with Crippen LogP contribution >= 0.6 is 0 Å². The summed E-state index contributed by atoms with van der Waals surface area (Å²) < 4.78 is 35.6. The topological polar surface area (TPSA) is 175 Å². The van der Waals surface area contributed by atoms with Gasteiger partial charge in [-0.1, -0.05) is 37.1 Å². The molecular weight excluding hydrogens is 773 g/mol. The molecule has 60 heavy (non-hydrogen) atoms. The van der Waals surface area contributed by atoms with E-state index in [9.17, 15) is 28.8 Å². The highest BCUT2D eigenvalue weighted by molar-refractivity contribution is 6.14. The van der Waals surface area contributed by atoms with Gasteiger partial charge in [-0.05, 0) is 91.9 Å². The lowest BCUT2D eigenvalue weighted by molar-refractivity contribution is -0.141. The minimum atomic E-state index is -1.61. The molecule has 0 fully saturated rings. The Morgan fingerprint density at radius 2 is 1.30 bits per heavy atom. The summed E-state index contributed by atoms with van der Waals surface area (Å²) in [5.41, 5.74) is -1.07. The van der Waals surface area contributed by atoms with E-state index < -0.39 is 58.8 Å². The van der Waals surface area contributed by atoms with Crippen molar-refractivity contribution < 1.29 is 62.0 Å². The second-order valence-electron chi connectivity index (χ2n) is 15.8. The molecule has 13 nitrogen and oxygen atoms in total. The molecule has 0 N–H and O–H groups in total. The Balaban J connectivity index is 2.69. The van der Waals surface area contributed by atoms with Crippen LogP contribution in [0, 0.1) is 5.41 Å². The Kier molecular flexibility index (Phi) is 16.5. The Labute approximate surface area is 352 Å². The zero-order valence-electron chi connectivity index (χ0n) is 37.1. The molecular formula is C47H58O13. The van der Waals surface area contributed by atoms with Gasteiger partial charge in [0.25, 0.3) is 0 Å². The number of esters is 5. The predicted molar refractivity (Wildman–Crippen MR) is 224 cm³/mol. The number of carbonyl (C=O) groups is 7. The molecule has 1 aliphatic carbocycles. The first-order chi connectivity index (χ1) is 28.0. The Morgan fingerprint density at radius 3 is 1.83 bits per heavy atom. The van der Waals surface area contributed by atoms with Gasteiger partial charge in [0.1, 0.15) is 39.8 Å². The van der Waals surface area contributed by atoms with Gasteiger partial charge in [0.05, 0.1) is 11.0 Å². The third-order valence-corrected chi connectivity index (χ3v) is 9.44. The standard InChI is InChI=1S/C47H58O13/c1-14-17-36(53)38-42(56-29(7)49)33-22-23-46(11,12)60-41(33)35(43(38)57-30(8)50)25-34-40(54)39(37(18-15-2)55-28(6)48)45(59-32(10)52)47(13,44(34)58-31(9)51)24-21-27(5)20-16-19-26(3)4/h18-19,21-23H,14-17,20,24-25H2,1-13H3/b27-21+,37-18-/t47-/m1/s1. The smallest absolute Gasteiger partial charge is 0.308 e. The first-order valence-electron chi connectivity index (χ1n) is 20.1.